The first-order valence-electron chi connectivity index (χ1n) is 7.64. The third-order valence-corrected chi connectivity index (χ3v) is 4.57. The van der Waals surface area contributed by atoms with Crippen molar-refractivity contribution in [2.24, 2.45) is 11.8 Å². The van der Waals surface area contributed by atoms with Crippen LogP contribution in [0.5, 0.6) is 0 Å². The molecule has 2 aliphatic rings. The van der Waals surface area contributed by atoms with Crippen LogP contribution in [0.15, 0.2) is 0 Å². The van der Waals surface area contributed by atoms with Gasteiger partial charge in [0.05, 0.1) is 6.54 Å². The summed E-state index contributed by atoms with van der Waals surface area (Å²) in [4.78, 5) is 24.8. The third-order valence-electron chi connectivity index (χ3n) is 4.57. The number of aldehydes is 1. The highest BCUT2D eigenvalue weighted by molar-refractivity contribution is 5.78. The first-order valence-corrected chi connectivity index (χ1v) is 7.64. The number of nitrogens with one attached hydrogen (secondary N) is 1. The van der Waals surface area contributed by atoms with Crippen LogP contribution in [0.3, 0.4) is 0 Å². The number of likely N-dealkylation sites (tertiary alicyclic amines) is 1. The van der Waals surface area contributed by atoms with Gasteiger partial charge in [0.2, 0.25) is 5.91 Å². The number of hydrogen-bond donors (Lipinski definition) is 1. The molecule has 2 fully saturated rings. The monoisotopic (exact) mass is 266 g/mol. The molecule has 4 heteroatoms. The Kier molecular flexibility index (Phi) is 5.37. The molecule has 0 aromatic rings. The summed E-state index contributed by atoms with van der Waals surface area (Å²) < 4.78 is 0. The van der Waals surface area contributed by atoms with Crippen LogP contribution >= 0.6 is 0 Å². The highest BCUT2D eigenvalue weighted by Gasteiger charge is 2.23. The third kappa shape index (κ3) is 4.60. The number of amides is 1. The zero-order valence-electron chi connectivity index (χ0n) is 11.9. The maximum absolute atomic E-state index is 12.0. The lowest BCUT2D eigenvalue weighted by molar-refractivity contribution is -0.123. The second-order valence-electron chi connectivity index (χ2n) is 6.27. The van der Waals surface area contributed by atoms with Gasteiger partial charge in [-0.2, -0.15) is 0 Å². The highest BCUT2D eigenvalue weighted by atomic mass is 16.2. The molecule has 19 heavy (non-hydrogen) atoms. The summed E-state index contributed by atoms with van der Waals surface area (Å²) in [5, 5.41) is 3.16. The number of rotatable bonds is 4. The summed E-state index contributed by atoms with van der Waals surface area (Å²) in [5.74, 6) is 1.18. The Hall–Kier alpha value is -0.900. The standard InChI is InChI=1S/C15H26N2O2/c1-12-2-4-14(5-3-12)16-15(19)10-17-8-6-13(11-18)7-9-17/h11-14H,2-10H2,1H3,(H,16,19). The molecule has 1 amide bonds. The Morgan fingerprint density at radius 3 is 2.37 bits per heavy atom. The number of carbonyl (C=O) groups is 2. The van der Waals surface area contributed by atoms with E-state index in [2.05, 4.69) is 17.1 Å². The van der Waals surface area contributed by atoms with Gasteiger partial charge >= 0.3 is 0 Å². The van der Waals surface area contributed by atoms with Gasteiger partial charge in [0.1, 0.15) is 6.29 Å². The van der Waals surface area contributed by atoms with E-state index in [1.807, 2.05) is 0 Å². The van der Waals surface area contributed by atoms with Gasteiger partial charge in [0.25, 0.3) is 0 Å². The zero-order valence-corrected chi connectivity index (χ0v) is 11.9. The molecule has 1 saturated heterocycles. The van der Waals surface area contributed by atoms with E-state index in [0.29, 0.717) is 12.6 Å². The quantitative estimate of drug-likeness (QED) is 0.786. The fourth-order valence-electron chi connectivity index (χ4n) is 3.13. The predicted molar refractivity (Wildman–Crippen MR) is 74.8 cm³/mol. The molecule has 1 heterocycles. The van der Waals surface area contributed by atoms with Crippen LogP contribution in [0.4, 0.5) is 0 Å². The first-order chi connectivity index (χ1) is 9.17. The molecule has 0 aromatic heterocycles. The molecule has 4 nitrogen and oxygen atoms in total. The maximum atomic E-state index is 12.0. The lowest BCUT2D eigenvalue weighted by atomic mass is 9.87. The average molecular weight is 266 g/mol. The van der Waals surface area contributed by atoms with Crippen molar-refractivity contribution in [3.05, 3.63) is 0 Å². The van der Waals surface area contributed by atoms with Crippen molar-refractivity contribution in [2.45, 2.75) is 51.5 Å². The van der Waals surface area contributed by atoms with Gasteiger partial charge in [-0.3, -0.25) is 9.69 Å². The molecule has 0 spiro atoms. The van der Waals surface area contributed by atoms with Gasteiger partial charge in [-0.25, -0.2) is 0 Å². The molecule has 2 rings (SSSR count). The zero-order chi connectivity index (χ0) is 13.7. The van der Waals surface area contributed by atoms with Crippen LogP contribution in [0.2, 0.25) is 0 Å². The summed E-state index contributed by atoms with van der Waals surface area (Å²) in [6, 6.07) is 0.385. The van der Waals surface area contributed by atoms with Gasteiger partial charge in [-0.15, -0.1) is 0 Å². The summed E-state index contributed by atoms with van der Waals surface area (Å²) in [6.07, 6.45) is 7.57. The van der Waals surface area contributed by atoms with Crippen LogP contribution in [0.1, 0.15) is 45.4 Å². The summed E-state index contributed by atoms with van der Waals surface area (Å²) in [6.45, 7) is 4.53. The van der Waals surface area contributed by atoms with E-state index < -0.39 is 0 Å². The highest BCUT2D eigenvalue weighted by Crippen LogP contribution is 2.23. The van der Waals surface area contributed by atoms with Gasteiger partial charge in [-0.1, -0.05) is 6.92 Å². The van der Waals surface area contributed by atoms with Crippen LogP contribution in [-0.2, 0) is 9.59 Å². The van der Waals surface area contributed by atoms with E-state index in [-0.39, 0.29) is 11.8 Å². The molecule has 1 saturated carbocycles. The Labute approximate surface area is 115 Å². The predicted octanol–water partition coefficient (Wildman–Crippen LogP) is 1.59. The van der Waals surface area contributed by atoms with E-state index in [9.17, 15) is 9.59 Å². The van der Waals surface area contributed by atoms with Crippen LogP contribution in [0, 0.1) is 11.8 Å². The summed E-state index contributed by atoms with van der Waals surface area (Å²) in [7, 11) is 0. The van der Waals surface area contributed by atoms with E-state index in [4.69, 9.17) is 0 Å². The van der Waals surface area contributed by atoms with Crippen molar-refractivity contribution in [1.82, 2.24) is 10.2 Å². The summed E-state index contributed by atoms with van der Waals surface area (Å²) >= 11 is 0. The number of carbonyl (C=O) groups excluding carboxylic acids is 2. The smallest absolute Gasteiger partial charge is 0.234 e. The second kappa shape index (κ2) is 7.04. The molecule has 0 unspecified atom stereocenters. The average Bonchev–Trinajstić information content (AvgIpc) is 2.42. The van der Waals surface area contributed by atoms with Crippen molar-refractivity contribution in [1.29, 1.82) is 0 Å². The Balaban J connectivity index is 1.66. The Morgan fingerprint density at radius 1 is 1.16 bits per heavy atom. The lowest BCUT2D eigenvalue weighted by Crippen LogP contribution is -2.45. The molecule has 1 aliphatic carbocycles. The van der Waals surface area contributed by atoms with Crippen LogP contribution < -0.4 is 5.32 Å². The molecular weight excluding hydrogens is 240 g/mol. The number of piperidine rings is 1. The van der Waals surface area contributed by atoms with Crippen LogP contribution in [0.25, 0.3) is 0 Å². The van der Waals surface area contributed by atoms with Crippen molar-refractivity contribution in [3.8, 4) is 0 Å². The van der Waals surface area contributed by atoms with Crippen molar-refractivity contribution in [2.75, 3.05) is 19.6 Å². The van der Waals surface area contributed by atoms with Crippen molar-refractivity contribution in [3.63, 3.8) is 0 Å². The molecule has 0 atom stereocenters. The molecule has 0 bridgehead atoms. The van der Waals surface area contributed by atoms with Gasteiger partial charge in [0.15, 0.2) is 0 Å². The minimum absolute atomic E-state index is 0.157. The van der Waals surface area contributed by atoms with E-state index in [1.54, 1.807) is 0 Å². The Morgan fingerprint density at radius 2 is 1.79 bits per heavy atom. The fourth-order valence-corrected chi connectivity index (χ4v) is 3.13. The van der Waals surface area contributed by atoms with E-state index >= 15 is 0 Å². The molecule has 1 aliphatic heterocycles. The molecular formula is C15H26N2O2. The van der Waals surface area contributed by atoms with Gasteiger partial charge < -0.3 is 10.1 Å². The topological polar surface area (TPSA) is 49.4 Å². The molecule has 1 N–H and O–H groups in total. The number of hydrogen-bond acceptors (Lipinski definition) is 3. The second-order valence-corrected chi connectivity index (χ2v) is 6.27. The molecule has 108 valence electrons. The molecule has 0 radical (unpaired) electrons. The fraction of sp³-hybridized carbons (Fsp3) is 0.867. The van der Waals surface area contributed by atoms with Crippen molar-refractivity contribution < 1.29 is 9.59 Å². The van der Waals surface area contributed by atoms with Crippen LogP contribution in [-0.4, -0.2) is 42.8 Å². The Bertz CT molecular complexity index is 303. The minimum atomic E-state index is 0.157. The van der Waals surface area contributed by atoms with Gasteiger partial charge in [0, 0.05) is 12.0 Å². The minimum Gasteiger partial charge on any atom is -0.352 e. The largest absolute Gasteiger partial charge is 0.352 e. The summed E-state index contributed by atoms with van der Waals surface area (Å²) in [5.41, 5.74) is 0. The van der Waals surface area contributed by atoms with E-state index in [0.717, 1.165) is 51.0 Å². The number of nitrogens with zero attached hydrogens (tertiary/aromatic N) is 1. The van der Waals surface area contributed by atoms with Crippen molar-refractivity contribution >= 4 is 12.2 Å². The maximum Gasteiger partial charge on any atom is 0.234 e. The SMILES string of the molecule is CC1CCC(NC(=O)CN2CCC(C=O)CC2)CC1. The first kappa shape index (κ1) is 14.5. The normalized spacial score (nSPS) is 29.9. The lowest BCUT2D eigenvalue weighted by Gasteiger charge is -2.31. The van der Waals surface area contributed by atoms with Gasteiger partial charge in [-0.05, 0) is 57.5 Å². The molecule has 0 aromatic carbocycles. The van der Waals surface area contributed by atoms with E-state index in [1.165, 1.54) is 12.8 Å².